The molecule has 0 unspecified atom stereocenters. The average Bonchev–Trinajstić information content (AvgIpc) is 3.53. The standard InChI is InChI=1S/C24H26N8O/c1-30-8-10-31(11-9-30)22-13-17(5-7-25-22)20-15-27-24(32-16-28-29-23(20)32)26-14-18-3-2-4-21-19(18)6-12-33-21/h2-5,7,13,15-16H,6,8-12,14H2,1H3,(H,26,27). The van der Waals surface area contributed by atoms with Gasteiger partial charge in [0, 0.05) is 62.7 Å². The monoisotopic (exact) mass is 442 g/mol. The first kappa shape index (κ1) is 19.9. The molecule has 5 heterocycles. The number of nitrogens with zero attached hydrogens (tertiary/aromatic N) is 7. The van der Waals surface area contributed by atoms with E-state index in [0.717, 1.165) is 67.5 Å². The number of benzene rings is 1. The van der Waals surface area contributed by atoms with Crippen LogP contribution in [0.25, 0.3) is 16.8 Å². The lowest BCUT2D eigenvalue weighted by Crippen LogP contribution is -2.44. The molecule has 0 atom stereocenters. The van der Waals surface area contributed by atoms with E-state index in [1.54, 1.807) is 6.33 Å². The van der Waals surface area contributed by atoms with Crippen LogP contribution in [0.1, 0.15) is 11.1 Å². The van der Waals surface area contributed by atoms with Gasteiger partial charge >= 0.3 is 0 Å². The Morgan fingerprint density at radius 2 is 2.00 bits per heavy atom. The Labute approximate surface area is 192 Å². The number of likely N-dealkylation sites (N-methyl/N-ethyl adjacent to an activating group) is 1. The SMILES string of the molecule is CN1CCN(c2cc(-c3cnc(NCc4cccc5c4CCO5)n4cnnc34)ccn2)CC1. The number of rotatable bonds is 5. The molecule has 0 radical (unpaired) electrons. The Bertz CT molecular complexity index is 1290. The second kappa shape index (κ2) is 8.32. The van der Waals surface area contributed by atoms with Gasteiger partial charge in [-0.25, -0.2) is 9.97 Å². The van der Waals surface area contributed by atoms with Gasteiger partial charge in [-0.05, 0) is 36.4 Å². The van der Waals surface area contributed by atoms with E-state index in [9.17, 15) is 0 Å². The summed E-state index contributed by atoms with van der Waals surface area (Å²) in [5, 5.41) is 12.0. The third-order valence-corrected chi connectivity index (χ3v) is 6.49. The molecule has 0 spiro atoms. The second-order valence-electron chi connectivity index (χ2n) is 8.56. The van der Waals surface area contributed by atoms with E-state index in [0.29, 0.717) is 12.5 Å². The Balaban J connectivity index is 1.28. The molecule has 2 aliphatic rings. The predicted molar refractivity (Wildman–Crippen MR) is 127 cm³/mol. The molecule has 168 valence electrons. The van der Waals surface area contributed by atoms with Crippen LogP contribution in [0.3, 0.4) is 0 Å². The molecule has 1 fully saturated rings. The zero-order valence-electron chi connectivity index (χ0n) is 18.6. The number of ether oxygens (including phenoxy) is 1. The van der Waals surface area contributed by atoms with Gasteiger partial charge in [-0.15, -0.1) is 10.2 Å². The largest absolute Gasteiger partial charge is 0.493 e. The summed E-state index contributed by atoms with van der Waals surface area (Å²) in [5.74, 6) is 2.69. The third-order valence-electron chi connectivity index (χ3n) is 6.49. The van der Waals surface area contributed by atoms with E-state index in [1.807, 2.05) is 35.0 Å². The van der Waals surface area contributed by atoms with Crippen molar-refractivity contribution < 1.29 is 4.74 Å². The van der Waals surface area contributed by atoms with Gasteiger partial charge in [0.2, 0.25) is 5.95 Å². The minimum absolute atomic E-state index is 0.662. The average molecular weight is 443 g/mol. The van der Waals surface area contributed by atoms with E-state index in [2.05, 4.69) is 49.5 Å². The molecule has 4 aromatic rings. The fourth-order valence-corrected chi connectivity index (χ4v) is 4.58. The molecule has 0 aliphatic carbocycles. The minimum Gasteiger partial charge on any atom is -0.493 e. The van der Waals surface area contributed by atoms with Crippen molar-refractivity contribution in [1.29, 1.82) is 0 Å². The summed E-state index contributed by atoms with van der Waals surface area (Å²) in [6, 6.07) is 10.3. The first-order chi connectivity index (χ1) is 16.3. The van der Waals surface area contributed by atoms with Gasteiger partial charge in [-0.2, -0.15) is 0 Å². The van der Waals surface area contributed by atoms with Crippen molar-refractivity contribution in [3.63, 3.8) is 0 Å². The Morgan fingerprint density at radius 3 is 2.91 bits per heavy atom. The first-order valence-electron chi connectivity index (χ1n) is 11.3. The van der Waals surface area contributed by atoms with E-state index in [-0.39, 0.29) is 0 Å². The van der Waals surface area contributed by atoms with Crippen LogP contribution >= 0.6 is 0 Å². The van der Waals surface area contributed by atoms with Crippen LogP contribution in [0.4, 0.5) is 11.8 Å². The van der Waals surface area contributed by atoms with Gasteiger partial charge < -0.3 is 19.9 Å². The highest BCUT2D eigenvalue weighted by atomic mass is 16.5. The number of piperazine rings is 1. The highest BCUT2D eigenvalue weighted by Gasteiger charge is 2.18. The van der Waals surface area contributed by atoms with Crippen molar-refractivity contribution in [3.8, 4) is 16.9 Å². The Morgan fingerprint density at radius 1 is 1.09 bits per heavy atom. The smallest absolute Gasteiger partial charge is 0.210 e. The number of nitrogens with one attached hydrogen (secondary N) is 1. The zero-order chi connectivity index (χ0) is 22.2. The predicted octanol–water partition coefficient (Wildman–Crippen LogP) is 2.49. The quantitative estimate of drug-likeness (QED) is 0.505. The molecule has 9 heteroatoms. The van der Waals surface area contributed by atoms with E-state index >= 15 is 0 Å². The minimum atomic E-state index is 0.662. The summed E-state index contributed by atoms with van der Waals surface area (Å²) in [7, 11) is 2.16. The van der Waals surface area contributed by atoms with Crippen molar-refractivity contribution in [1.82, 2.24) is 29.5 Å². The fraction of sp³-hybridized carbons (Fsp3) is 0.333. The van der Waals surface area contributed by atoms with Gasteiger partial charge in [-0.3, -0.25) is 4.40 Å². The molecule has 9 nitrogen and oxygen atoms in total. The molecule has 33 heavy (non-hydrogen) atoms. The Kier molecular flexibility index (Phi) is 5.03. The molecular weight excluding hydrogens is 416 g/mol. The van der Waals surface area contributed by atoms with Crippen LogP contribution in [-0.2, 0) is 13.0 Å². The molecule has 1 N–H and O–H groups in total. The summed E-state index contributed by atoms with van der Waals surface area (Å²) in [4.78, 5) is 14.0. The molecule has 0 bridgehead atoms. The van der Waals surface area contributed by atoms with Crippen LogP contribution in [0, 0.1) is 0 Å². The van der Waals surface area contributed by atoms with Crippen LogP contribution < -0.4 is 15.0 Å². The number of anilines is 2. The summed E-state index contributed by atoms with van der Waals surface area (Å²) in [6.07, 6.45) is 6.38. The molecule has 0 saturated carbocycles. The highest BCUT2D eigenvalue weighted by molar-refractivity contribution is 5.78. The first-order valence-corrected chi connectivity index (χ1v) is 11.3. The van der Waals surface area contributed by atoms with Crippen molar-refractivity contribution in [3.05, 3.63) is 60.2 Å². The van der Waals surface area contributed by atoms with Crippen molar-refractivity contribution in [2.45, 2.75) is 13.0 Å². The summed E-state index contributed by atoms with van der Waals surface area (Å²) in [5.41, 5.74) is 5.24. The zero-order valence-corrected chi connectivity index (χ0v) is 18.6. The number of aromatic nitrogens is 5. The summed E-state index contributed by atoms with van der Waals surface area (Å²) < 4.78 is 7.60. The van der Waals surface area contributed by atoms with Crippen LogP contribution in [-0.4, -0.2) is 69.3 Å². The maximum atomic E-state index is 5.69. The maximum Gasteiger partial charge on any atom is 0.210 e. The van der Waals surface area contributed by atoms with Gasteiger partial charge in [0.1, 0.15) is 17.9 Å². The van der Waals surface area contributed by atoms with E-state index in [1.165, 1.54) is 11.1 Å². The molecule has 0 amide bonds. The van der Waals surface area contributed by atoms with Crippen molar-refractivity contribution in [2.24, 2.45) is 0 Å². The van der Waals surface area contributed by atoms with Gasteiger partial charge in [-0.1, -0.05) is 12.1 Å². The molecule has 3 aromatic heterocycles. The lowest BCUT2D eigenvalue weighted by Gasteiger charge is -2.33. The topological polar surface area (TPSA) is 83.7 Å². The number of fused-ring (bicyclic) bond motifs is 2. The van der Waals surface area contributed by atoms with Gasteiger partial charge in [0.25, 0.3) is 0 Å². The summed E-state index contributed by atoms with van der Waals surface area (Å²) >= 11 is 0. The maximum absolute atomic E-state index is 5.69. The molecule has 6 rings (SSSR count). The third kappa shape index (κ3) is 3.74. The second-order valence-corrected chi connectivity index (χ2v) is 8.56. The molecule has 2 aliphatic heterocycles. The number of hydrogen-bond donors (Lipinski definition) is 1. The van der Waals surface area contributed by atoms with Crippen molar-refractivity contribution >= 4 is 17.4 Å². The van der Waals surface area contributed by atoms with E-state index in [4.69, 9.17) is 9.72 Å². The van der Waals surface area contributed by atoms with E-state index < -0.39 is 0 Å². The normalized spacial score (nSPS) is 16.1. The fourth-order valence-electron chi connectivity index (χ4n) is 4.58. The van der Waals surface area contributed by atoms with Gasteiger partial charge in [0.15, 0.2) is 5.65 Å². The number of pyridine rings is 1. The van der Waals surface area contributed by atoms with Gasteiger partial charge in [0.05, 0.1) is 6.61 Å². The highest BCUT2D eigenvalue weighted by Crippen LogP contribution is 2.30. The van der Waals surface area contributed by atoms with Crippen LogP contribution in [0.15, 0.2) is 49.1 Å². The molecule has 1 saturated heterocycles. The van der Waals surface area contributed by atoms with Crippen molar-refractivity contribution in [2.75, 3.05) is 50.1 Å². The lowest BCUT2D eigenvalue weighted by atomic mass is 10.1. The lowest BCUT2D eigenvalue weighted by molar-refractivity contribution is 0.312. The Hall–Kier alpha value is -3.72. The molecular formula is C24H26N8O. The number of hydrogen-bond acceptors (Lipinski definition) is 8. The van der Waals surface area contributed by atoms with Crippen LogP contribution in [0.2, 0.25) is 0 Å². The summed E-state index contributed by atoms with van der Waals surface area (Å²) in [6.45, 7) is 5.44. The molecule has 1 aromatic carbocycles. The van der Waals surface area contributed by atoms with Crippen LogP contribution in [0.5, 0.6) is 5.75 Å².